The van der Waals surface area contributed by atoms with E-state index >= 15 is 0 Å². The van der Waals surface area contributed by atoms with Gasteiger partial charge >= 0.3 is 13.2 Å². The lowest BCUT2D eigenvalue weighted by molar-refractivity contribution is -0.0506. The van der Waals surface area contributed by atoms with Gasteiger partial charge in [0, 0.05) is 7.05 Å². The number of hydrogen-bond donors (Lipinski definition) is 1. The van der Waals surface area contributed by atoms with Gasteiger partial charge in [-0.2, -0.15) is 17.6 Å². The van der Waals surface area contributed by atoms with Crippen molar-refractivity contribution in [1.82, 2.24) is 4.90 Å². The van der Waals surface area contributed by atoms with Gasteiger partial charge in [-0.25, -0.2) is 4.99 Å². The van der Waals surface area contributed by atoms with Crippen LogP contribution in [-0.4, -0.2) is 37.7 Å². The van der Waals surface area contributed by atoms with Crippen LogP contribution < -0.4 is 15.2 Å². The van der Waals surface area contributed by atoms with Gasteiger partial charge in [-0.1, -0.05) is 24.3 Å². The van der Waals surface area contributed by atoms with E-state index in [1.807, 2.05) is 0 Å². The molecule has 5 nitrogen and oxygen atoms in total. The van der Waals surface area contributed by atoms with E-state index in [2.05, 4.69) is 14.5 Å². The molecule has 144 valence electrons. The molecular formula is C18H17F4N3O2. The Labute approximate surface area is 153 Å². The van der Waals surface area contributed by atoms with Crippen molar-refractivity contribution in [2.75, 3.05) is 13.6 Å². The molecule has 0 saturated heterocycles. The second-order valence-electron chi connectivity index (χ2n) is 6.00. The van der Waals surface area contributed by atoms with Gasteiger partial charge < -0.3 is 20.1 Å². The van der Waals surface area contributed by atoms with E-state index in [0.29, 0.717) is 17.7 Å². The van der Waals surface area contributed by atoms with Crippen LogP contribution in [0.5, 0.6) is 11.5 Å². The molecule has 0 amide bonds. The quantitative estimate of drug-likeness (QED) is 0.777. The Morgan fingerprint density at radius 1 is 0.963 bits per heavy atom. The Morgan fingerprint density at radius 2 is 1.59 bits per heavy atom. The van der Waals surface area contributed by atoms with Crippen molar-refractivity contribution in [1.29, 1.82) is 0 Å². The molecule has 0 saturated carbocycles. The summed E-state index contributed by atoms with van der Waals surface area (Å²) in [5.41, 5.74) is 6.17. The van der Waals surface area contributed by atoms with Crippen LogP contribution in [0.1, 0.15) is 11.1 Å². The summed E-state index contributed by atoms with van der Waals surface area (Å²) in [6, 6.07) is 12.1. The van der Waals surface area contributed by atoms with Gasteiger partial charge in [-0.3, -0.25) is 0 Å². The highest BCUT2D eigenvalue weighted by Gasteiger charge is 2.41. The molecule has 1 aliphatic rings. The molecule has 27 heavy (non-hydrogen) atoms. The van der Waals surface area contributed by atoms with Gasteiger partial charge in [0.05, 0.1) is 6.54 Å². The highest BCUT2D eigenvalue weighted by Crippen LogP contribution is 2.40. The van der Waals surface area contributed by atoms with Crippen LogP contribution in [0.4, 0.5) is 17.6 Å². The van der Waals surface area contributed by atoms with Gasteiger partial charge in [-0.15, -0.1) is 0 Å². The topological polar surface area (TPSA) is 60.1 Å². The molecular weight excluding hydrogens is 366 g/mol. The Bertz CT molecular complexity index is 830. The molecule has 2 aromatic carbocycles. The Morgan fingerprint density at radius 3 is 2.15 bits per heavy atom. The highest BCUT2D eigenvalue weighted by molar-refractivity contribution is 5.81. The maximum atomic E-state index is 12.6. The summed E-state index contributed by atoms with van der Waals surface area (Å²) >= 11 is 0. The number of nitrogens with two attached hydrogens (primary N) is 1. The summed E-state index contributed by atoms with van der Waals surface area (Å²) in [5, 5.41) is 0. The fourth-order valence-electron chi connectivity index (χ4n) is 3.06. The largest absolute Gasteiger partial charge is 0.435 e. The predicted molar refractivity (Wildman–Crippen MR) is 91.2 cm³/mol. The lowest BCUT2D eigenvalue weighted by atomic mass is 9.83. The second-order valence-corrected chi connectivity index (χ2v) is 6.00. The normalized spacial score (nSPS) is 19.5. The summed E-state index contributed by atoms with van der Waals surface area (Å²) in [6.45, 7) is -5.55. The van der Waals surface area contributed by atoms with Crippen molar-refractivity contribution in [3.05, 3.63) is 59.7 Å². The maximum absolute atomic E-state index is 12.6. The van der Waals surface area contributed by atoms with Crippen molar-refractivity contribution in [3.8, 4) is 11.5 Å². The van der Waals surface area contributed by atoms with Crippen molar-refractivity contribution in [2.24, 2.45) is 10.7 Å². The van der Waals surface area contributed by atoms with E-state index in [4.69, 9.17) is 5.73 Å². The number of alkyl halides is 4. The summed E-state index contributed by atoms with van der Waals surface area (Å²) in [6.07, 6.45) is 0. The lowest BCUT2D eigenvalue weighted by Crippen LogP contribution is -2.34. The fraction of sp³-hybridized carbons (Fsp3) is 0.278. The van der Waals surface area contributed by atoms with E-state index in [0.717, 1.165) is 0 Å². The number of benzene rings is 2. The minimum absolute atomic E-state index is 0.00184. The van der Waals surface area contributed by atoms with Crippen LogP contribution in [0.25, 0.3) is 0 Å². The molecule has 0 radical (unpaired) electrons. The molecule has 0 bridgehead atoms. The molecule has 1 aliphatic heterocycles. The molecule has 3 rings (SSSR count). The Kier molecular flexibility index (Phi) is 5.11. The predicted octanol–water partition coefficient (Wildman–Crippen LogP) is 3.39. The number of likely N-dealkylation sites (N-methyl/N-ethyl adjacent to an activating group) is 1. The first-order valence-corrected chi connectivity index (χ1v) is 7.97. The Hall–Kier alpha value is -2.97. The first-order valence-electron chi connectivity index (χ1n) is 7.97. The molecule has 0 aliphatic carbocycles. The zero-order chi connectivity index (χ0) is 19.6. The van der Waals surface area contributed by atoms with Crippen LogP contribution in [0.3, 0.4) is 0 Å². The third-order valence-corrected chi connectivity index (χ3v) is 4.26. The monoisotopic (exact) mass is 383 g/mol. The van der Waals surface area contributed by atoms with Crippen LogP contribution in [0.2, 0.25) is 0 Å². The second kappa shape index (κ2) is 7.34. The molecule has 0 fully saturated rings. The Balaban J connectivity index is 2.04. The molecule has 1 heterocycles. The van der Waals surface area contributed by atoms with Crippen LogP contribution in [0.15, 0.2) is 53.5 Å². The number of aliphatic imine (C=N–C) groups is 1. The van der Waals surface area contributed by atoms with Crippen LogP contribution in [-0.2, 0) is 5.54 Å². The molecule has 9 heteroatoms. The molecule has 2 aromatic rings. The molecule has 1 atom stereocenters. The maximum Gasteiger partial charge on any atom is 0.387 e. The zero-order valence-corrected chi connectivity index (χ0v) is 14.3. The van der Waals surface area contributed by atoms with E-state index < -0.39 is 18.8 Å². The van der Waals surface area contributed by atoms with Crippen molar-refractivity contribution < 1.29 is 27.0 Å². The van der Waals surface area contributed by atoms with E-state index in [1.54, 1.807) is 36.2 Å². The van der Waals surface area contributed by atoms with E-state index in [9.17, 15) is 17.6 Å². The molecule has 0 spiro atoms. The standard InChI is InChI=1S/C18H17F4N3O2/c1-25-10-18(24-17(25)23,11-5-7-13(8-6-11)26-15(19)20)12-3-2-4-14(9-12)27-16(21)22/h2-9,15-16H,10H2,1H3,(H2,23,24). The third-order valence-electron chi connectivity index (χ3n) is 4.26. The average Bonchev–Trinajstić information content (AvgIpc) is 2.91. The highest BCUT2D eigenvalue weighted by atomic mass is 19.3. The number of halogens is 4. The van der Waals surface area contributed by atoms with Gasteiger partial charge in [-0.05, 0) is 35.4 Å². The van der Waals surface area contributed by atoms with E-state index in [-0.39, 0.29) is 17.5 Å². The number of guanidine groups is 1. The van der Waals surface area contributed by atoms with Gasteiger partial charge in [0.25, 0.3) is 0 Å². The zero-order valence-electron chi connectivity index (χ0n) is 14.3. The van der Waals surface area contributed by atoms with Crippen molar-refractivity contribution in [2.45, 2.75) is 18.8 Å². The summed E-state index contributed by atoms with van der Waals surface area (Å²) in [7, 11) is 1.74. The number of ether oxygens (including phenoxy) is 2. The number of nitrogens with zero attached hydrogens (tertiary/aromatic N) is 2. The molecule has 2 N–H and O–H groups in total. The fourth-order valence-corrected chi connectivity index (χ4v) is 3.06. The smallest absolute Gasteiger partial charge is 0.387 e. The number of rotatable bonds is 6. The summed E-state index contributed by atoms with van der Waals surface area (Å²) in [5.74, 6) is 0.257. The lowest BCUT2D eigenvalue weighted by Gasteiger charge is -2.28. The molecule has 0 aromatic heterocycles. The van der Waals surface area contributed by atoms with Gasteiger partial charge in [0.1, 0.15) is 17.0 Å². The van der Waals surface area contributed by atoms with Crippen molar-refractivity contribution in [3.63, 3.8) is 0 Å². The minimum Gasteiger partial charge on any atom is -0.435 e. The minimum atomic E-state index is -2.96. The number of hydrogen-bond acceptors (Lipinski definition) is 5. The average molecular weight is 383 g/mol. The summed E-state index contributed by atoms with van der Waals surface area (Å²) in [4.78, 5) is 6.25. The van der Waals surface area contributed by atoms with Gasteiger partial charge in [0.2, 0.25) is 0 Å². The third kappa shape index (κ3) is 3.91. The summed E-state index contributed by atoms with van der Waals surface area (Å²) < 4.78 is 58.7. The van der Waals surface area contributed by atoms with Crippen molar-refractivity contribution >= 4 is 5.96 Å². The van der Waals surface area contributed by atoms with Gasteiger partial charge in [0.15, 0.2) is 5.96 Å². The van der Waals surface area contributed by atoms with E-state index in [1.165, 1.54) is 24.3 Å². The first kappa shape index (κ1) is 18.8. The molecule has 1 unspecified atom stereocenters. The van der Waals surface area contributed by atoms with Crippen LogP contribution >= 0.6 is 0 Å². The SMILES string of the molecule is CN1CC(c2ccc(OC(F)F)cc2)(c2cccc(OC(F)F)c2)N=C1N. The first-order chi connectivity index (χ1) is 12.8. The van der Waals surface area contributed by atoms with Crippen LogP contribution in [0, 0.1) is 0 Å².